The second-order valence-electron chi connectivity index (χ2n) is 5.49. The van der Waals surface area contributed by atoms with Gasteiger partial charge >= 0.3 is 79.9 Å². The summed E-state index contributed by atoms with van der Waals surface area (Å²) in [5.74, 6) is 1.32. The van der Waals surface area contributed by atoms with Gasteiger partial charge in [-0.1, -0.05) is 13.3 Å². The number of H-pyrrole nitrogens is 1. The third kappa shape index (κ3) is 24.0. The van der Waals surface area contributed by atoms with Gasteiger partial charge in [0, 0.05) is 6.42 Å². The first-order chi connectivity index (χ1) is 11.3. The molecule has 0 aliphatic rings. The number of hydrogen-bond acceptors (Lipinski definition) is 2. The molecule has 0 aliphatic carbocycles. The number of rotatable bonds is 9. The van der Waals surface area contributed by atoms with Crippen LogP contribution in [0.2, 0.25) is 4.89 Å². The Balaban J connectivity index is 0. The summed E-state index contributed by atoms with van der Waals surface area (Å²) in [6.45, 7) is 4.47. The van der Waals surface area contributed by atoms with E-state index in [0.29, 0.717) is 0 Å². The van der Waals surface area contributed by atoms with E-state index in [4.69, 9.17) is 17.5 Å². The third-order valence-electron chi connectivity index (χ3n) is 3.21. The molecule has 0 fully saturated rings. The fourth-order valence-electron chi connectivity index (χ4n) is 1.89. The van der Waals surface area contributed by atoms with Crippen molar-refractivity contribution in [1.82, 2.24) is 4.98 Å². The summed E-state index contributed by atoms with van der Waals surface area (Å²) in [7, 11) is -2.60. The van der Waals surface area contributed by atoms with Crippen molar-refractivity contribution in [2.45, 2.75) is 76.5 Å². The van der Waals surface area contributed by atoms with Crippen molar-refractivity contribution < 1.29 is 41.3 Å². The minimum atomic E-state index is -4.67. The number of aryl methyl sites for hydroxylation is 2. The van der Waals surface area contributed by atoms with Crippen molar-refractivity contribution in [1.29, 1.82) is 0 Å². The molecule has 0 amide bonds. The Morgan fingerprint density at radius 1 is 1.04 bits per heavy atom. The number of imidazole rings is 1. The van der Waals surface area contributed by atoms with Crippen molar-refractivity contribution in [3.05, 3.63) is 18.2 Å². The van der Waals surface area contributed by atoms with Crippen LogP contribution in [-0.4, -0.2) is 22.5 Å². The van der Waals surface area contributed by atoms with E-state index in [9.17, 15) is 0 Å². The summed E-state index contributed by atoms with van der Waals surface area (Å²) < 4.78 is 33.7. The molecule has 1 heterocycles. The van der Waals surface area contributed by atoms with E-state index in [2.05, 4.69) is 49.6 Å². The van der Waals surface area contributed by atoms with E-state index in [1.54, 1.807) is 0 Å². The molecule has 0 unspecified atom stereocenters. The van der Waals surface area contributed by atoms with Crippen LogP contribution in [0.15, 0.2) is 12.4 Å². The van der Waals surface area contributed by atoms with Crippen LogP contribution in [-0.2, 0) is 43.1 Å². The molecule has 0 bridgehead atoms. The molecule has 1 rings (SSSR count). The first-order valence-electron chi connectivity index (χ1n) is 8.49. The fourth-order valence-corrected chi connectivity index (χ4v) is 2.28. The number of hydrogen-bond donors (Lipinski definition) is 3. The average molecular weight is 457 g/mol. The Bertz CT molecular complexity index is 464. The summed E-state index contributed by atoms with van der Waals surface area (Å²) >= 11 is 3.19. The maximum Gasteiger partial charge on any atom is 0.394 e. The largest absolute Gasteiger partial charge is 0.394 e. The van der Waals surface area contributed by atoms with Crippen LogP contribution in [0.3, 0.4) is 0 Å². The van der Waals surface area contributed by atoms with Gasteiger partial charge in [0.25, 0.3) is 5.82 Å². The van der Waals surface area contributed by atoms with E-state index < -0.39 is 10.4 Å². The summed E-state index contributed by atoms with van der Waals surface area (Å²) in [5, 5.41) is 0. The first-order valence-corrected chi connectivity index (χ1v) is 11.0. The predicted octanol–water partition coefficient (Wildman–Crippen LogP) is 3.84. The summed E-state index contributed by atoms with van der Waals surface area (Å²) in [6, 6.07) is 0. The molecule has 3 N–H and O–H groups in total. The van der Waals surface area contributed by atoms with E-state index >= 15 is 0 Å². The molecular formula is C16H34N2O4PdS+. The number of aromatic nitrogens is 2. The molecule has 24 heavy (non-hydrogen) atoms. The van der Waals surface area contributed by atoms with Crippen molar-refractivity contribution in [2.75, 3.05) is 0 Å². The topological polar surface area (TPSA) is 94.3 Å². The van der Waals surface area contributed by atoms with Crippen LogP contribution < -0.4 is 4.57 Å². The zero-order valence-corrected chi connectivity index (χ0v) is 17.5. The van der Waals surface area contributed by atoms with Gasteiger partial charge in [-0.2, -0.15) is 8.42 Å². The van der Waals surface area contributed by atoms with E-state index in [-0.39, 0.29) is 0 Å². The quantitative estimate of drug-likeness (QED) is 0.228. The van der Waals surface area contributed by atoms with Crippen LogP contribution in [0.5, 0.6) is 0 Å². The Kier molecular flexibility index (Phi) is 19.0. The predicted molar refractivity (Wildman–Crippen MR) is 92.9 cm³/mol. The molecule has 8 heteroatoms. The maximum atomic E-state index is 8.74. The van der Waals surface area contributed by atoms with E-state index in [0.717, 1.165) is 0 Å². The fraction of sp³-hybridized carbons (Fsp3) is 0.812. The average Bonchev–Trinajstić information content (AvgIpc) is 2.89. The van der Waals surface area contributed by atoms with Crippen molar-refractivity contribution in [2.24, 2.45) is 7.05 Å². The SMILES string of the molecule is CCCCCCC[CH2][Pd].CCCCc1[nH]cc[n+]1C.O=S(=O)(O)O. The van der Waals surface area contributed by atoms with Gasteiger partial charge in [-0.25, -0.2) is 9.55 Å². The van der Waals surface area contributed by atoms with Gasteiger partial charge in [-0.15, -0.1) is 0 Å². The Hall–Kier alpha value is -0.258. The third-order valence-corrected chi connectivity index (χ3v) is 3.76. The molecule has 6 nitrogen and oxygen atoms in total. The maximum absolute atomic E-state index is 8.74. The molecule has 0 saturated carbocycles. The van der Waals surface area contributed by atoms with Gasteiger partial charge in [0.2, 0.25) is 0 Å². The Morgan fingerprint density at radius 3 is 1.96 bits per heavy atom. The molecule has 1 aromatic rings. The van der Waals surface area contributed by atoms with Gasteiger partial charge in [-0.05, 0) is 6.42 Å². The van der Waals surface area contributed by atoms with Gasteiger partial charge in [0.1, 0.15) is 12.4 Å². The van der Waals surface area contributed by atoms with Crippen LogP contribution >= 0.6 is 0 Å². The smallest absolute Gasteiger partial charge is 0.264 e. The summed E-state index contributed by atoms with van der Waals surface area (Å²) in [6.07, 6.45) is 16.2. The van der Waals surface area contributed by atoms with Crippen molar-refractivity contribution in [3.63, 3.8) is 0 Å². The Labute approximate surface area is 158 Å². The van der Waals surface area contributed by atoms with Gasteiger partial charge in [0.05, 0.1) is 7.05 Å². The number of aromatic amines is 1. The zero-order valence-electron chi connectivity index (χ0n) is 15.1. The Morgan fingerprint density at radius 2 is 1.54 bits per heavy atom. The molecule has 0 atom stereocenters. The molecule has 0 saturated heterocycles. The number of nitrogens with zero attached hydrogens (tertiary/aromatic N) is 1. The monoisotopic (exact) mass is 456 g/mol. The minimum Gasteiger partial charge on any atom is -0.264 e. The zero-order chi connectivity index (χ0) is 18.8. The van der Waals surface area contributed by atoms with Crippen LogP contribution in [0.4, 0.5) is 0 Å². The molecule has 147 valence electrons. The van der Waals surface area contributed by atoms with Crippen molar-refractivity contribution >= 4 is 10.4 Å². The van der Waals surface area contributed by atoms with Crippen molar-refractivity contribution in [3.8, 4) is 0 Å². The van der Waals surface area contributed by atoms with Gasteiger partial charge in [0.15, 0.2) is 0 Å². The molecule has 1 aromatic heterocycles. The first kappa shape index (κ1) is 26.0. The summed E-state index contributed by atoms with van der Waals surface area (Å²) in [5.41, 5.74) is 0. The van der Waals surface area contributed by atoms with Gasteiger partial charge in [-0.3, -0.25) is 9.11 Å². The second kappa shape index (κ2) is 17.6. The molecule has 0 spiro atoms. The normalized spacial score (nSPS) is 10.5. The molecule has 0 radical (unpaired) electrons. The molecular weight excluding hydrogens is 423 g/mol. The second-order valence-corrected chi connectivity index (χ2v) is 7.17. The molecule has 0 aliphatic heterocycles. The summed E-state index contributed by atoms with van der Waals surface area (Å²) in [4.78, 5) is 4.42. The van der Waals surface area contributed by atoms with Gasteiger partial charge < -0.3 is 0 Å². The number of nitrogens with one attached hydrogen (secondary N) is 1. The van der Waals surface area contributed by atoms with Crippen LogP contribution in [0, 0.1) is 0 Å². The van der Waals surface area contributed by atoms with E-state index in [1.807, 2.05) is 12.4 Å². The minimum absolute atomic E-state index is 1.17. The van der Waals surface area contributed by atoms with Crippen LogP contribution in [0.25, 0.3) is 0 Å². The molecule has 0 aromatic carbocycles. The standard InChI is InChI=1S/C8H14N2.C8H17.H2O4S.Pd/c1-3-4-5-8-9-6-7-10(8)2;1-3-5-7-8-6-4-2;1-5(2,3)4;/h6-7H,3-5H2,1-2H3;1,3-8H2,2H3;(H2,1,2,3,4);/p+1. The number of unbranched alkanes of at least 4 members (excludes halogenated alkanes) is 6. The van der Waals surface area contributed by atoms with E-state index in [1.165, 1.54) is 68.5 Å². The van der Waals surface area contributed by atoms with Crippen LogP contribution in [0.1, 0.15) is 71.0 Å².